The highest BCUT2D eigenvalue weighted by atomic mass is 32.2. The molecular formula is C17H16O4S. The first-order valence-electron chi connectivity index (χ1n) is 6.64. The first-order valence-corrected chi connectivity index (χ1v) is 8.12. The van der Waals surface area contributed by atoms with Crippen LogP contribution >= 0.6 is 0 Å². The second kappa shape index (κ2) is 6.58. The van der Waals surface area contributed by atoms with E-state index in [1.807, 2.05) is 0 Å². The summed E-state index contributed by atoms with van der Waals surface area (Å²) in [5.74, 6) is -0.571. The molecule has 0 radical (unpaired) electrons. The molecule has 0 N–H and O–H groups in total. The molecule has 5 heteroatoms. The van der Waals surface area contributed by atoms with Crippen molar-refractivity contribution in [3.8, 4) is 0 Å². The number of hydrogen-bond donors (Lipinski definition) is 0. The van der Waals surface area contributed by atoms with Gasteiger partial charge in [0, 0.05) is 6.92 Å². The number of sulfone groups is 1. The Balaban J connectivity index is 2.44. The maximum atomic E-state index is 12.6. The molecule has 1 unspecified atom stereocenters. The van der Waals surface area contributed by atoms with Gasteiger partial charge in [0.15, 0.2) is 6.10 Å². The summed E-state index contributed by atoms with van der Waals surface area (Å²) >= 11 is 0. The van der Waals surface area contributed by atoms with Gasteiger partial charge in [0.2, 0.25) is 9.84 Å². The van der Waals surface area contributed by atoms with Crippen molar-refractivity contribution in [1.29, 1.82) is 0 Å². The van der Waals surface area contributed by atoms with Gasteiger partial charge >= 0.3 is 5.97 Å². The zero-order valence-electron chi connectivity index (χ0n) is 12.1. The van der Waals surface area contributed by atoms with E-state index in [-0.39, 0.29) is 9.80 Å². The predicted octanol–water partition coefficient (Wildman–Crippen LogP) is 3.28. The van der Waals surface area contributed by atoms with Crippen LogP contribution in [0.4, 0.5) is 0 Å². The number of ether oxygens (including phenoxy) is 1. The predicted molar refractivity (Wildman–Crippen MR) is 83.7 cm³/mol. The van der Waals surface area contributed by atoms with Crippen molar-refractivity contribution in [3.63, 3.8) is 0 Å². The minimum absolute atomic E-state index is 0.119. The molecular weight excluding hydrogens is 300 g/mol. The Bertz CT molecular complexity index is 765. The van der Waals surface area contributed by atoms with Gasteiger partial charge in [-0.3, -0.25) is 4.79 Å². The quantitative estimate of drug-likeness (QED) is 0.794. The molecule has 0 aliphatic rings. The normalized spacial score (nSPS) is 12.4. The molecule has 2 rings (SSSR count). The summed E-state index contributed by atoms with van der Waals surface area (Å²) in [5, 5.41) is 0. The van der Waals surface area contributed by atoms with Crippen LogP contribution in [0.15, 0.2) is 77.0 Å². The average Bonchev–Trinajstić information content (AvgIpc) is 2.53. The van der Waals surface area contributed by atoms with Gasteiger partial charge in [0.25, 0.3) is 0 Å². The number of benzene rings is 2. The van der Waals surface area contributed by atoms with Crippen LogP contribution in [0, 0.1) is 0 Å². The third-order valence-electron chi connectivity index (χ3n) is 3.08. The number of carbonyl (C=O) groups excluding carboxylic acids is 1. The fraction of sp³-hybridized carbons (Fsp3) is 0.118. The van der Waals surface area contributed by atoms with E-state index in [1.165, 1.54) is 19.1 Å². The fourth-order valence-electron chi connectivity index (χ4n) is 2.01. The Kier molecular flexibility index (Phi) is 4.78. The molecule has 0 bridgehead atoms. The molecule has 2 aromatic rings. The SMILES string of the molecule is C=C(C(OC(C)=O)c1ccccc1)S(=O)(=O)c1ccccc1. The van der Waals surface area contributed by atoms with E-state index >= 15 is 0 Å². The third-order valence-corrected chi connectivity index (χ3v) is 4.87. The number of esters is 1. The van der Waals surface area contributed by atoms with Crippen LogP contribution in [0.1, 0.15) is 18.6 Å². The van der Waals surface area contributed by atoms with Gasteiger partial charge in [-0.2, -0.15) is 0 Å². The lowest BCUT2D eigenvalue weighted by Crippen LogP contribution is -2.17. The van der Waals surface area contributed by atoms with Gasteiger partial charge in [-0.25, -0.2) is 8.42 Å². The largest absolute Gasteiger partial charge is 0.452 e. The molecule has 0 spiro atoms. The van der Waals surface area contributed by atoms with Crippen LogP contribution in [0.2, 0.25) is 0 Å². The molecule has 0 aromatic heterocycles. The van der Waals surface area contributed by atoms with Crippen LogP contribution in [0.5, 0.6) is 0 Å². The van der Waals surface area contributed by atoms with Gasteiger partial charge < -0.3 is 4.74 Å². The lowest BCUT2D eigenvalue weighted by molar-refractivity contribution is -0.144. The minimum atomic E-state index is -3.80. The van der Waals surface area contributed by atoms with Crippen LogP contribution in [0.25, 0.3) is 0 Å². The maximum Gasteiger partial charge on any atom is 0.303 e. The Morgan fingerprint density at radius 2 is 1.50 bits per heavy atom. The zero-order valence-corrected chi connectivity index (χ0v) is 12.9. The summed E-state index contributed by atoms with van der Waals surface area (Å²) in [6.45, 7) is 4.90. The van der Waals surface area contributed by atoms with Crippen molar-refractivity contribution in [3.05, 3.63) is 77.7 Å². The molecule has 22 heavy (non-hydrogen) atoms. The minimum Gasteiger partial charge on any atom is -0.452 e. The zero-order chi connectivity index (χ0) is 16.2. The van der Waals surface area contributed by atoms with Crippen LogP contribution in [-0.2, 0) is 19.4 Å². The summed E-state index contributed by atoms with van der Waals surface area (Å²) in [5.41, 5.74) is 0.558. The molecule has 0 saturated heterocycles. The van der Waals surface area contributed by atoms with Gasteiger partial charge in [0.1, 0.15) is 0 Å². The smallest absolute Gasteiger partial charge is 0.303 e. The average molecular weight is 316 g/mol. The summed E-state index contributed by atoms with van der Waals surface area (Å²) < 4.78 is 30.5. The topological polar surface area (TPSA) is 60.4 Å². The molecule has 0 heterocycles. The third kappa shape index (κ3) is 3.43. The Hall–Kier alpha value is -2.40. The van der Waals surface area contributed by atoms with Gasteiger partial charge in [-0.15, -0.1) is 0 Å². The number of carbonyl (C=O) groups is 1. The van der Waals surface area contributed by atoms with Gasteiger partial charge in [-0.05, 0) is 17.7 Å². The summed E-state index contributed by atoms with van der Waals surface area (Å²) in [6.07, 6.45) is -1.04. The standard InChI is InChI=1S/C17H16O4S/c1-13(22(19,20)16-11-7-4-8-12-16)17(21-14(2)18)15-9-5-3-6-10-15/h3-12,17H,1H2,2H3. The lowest BCUT2D eigenvalue weighted by Gasteiger charge is -2.20. The first-order chi connectivity index (χ1) is 10.4. The first kappa shape index (κ1) is 16.0. The van der Waals surface area contributed by atoms with Gasteiger partial charge in [0.05, 0.1) is 9.80 Å². The number of rotatable bonds is 5. The van der Waals surface area contributed by atoms with Crippen molar-refractivity contribution < 1.29 is 17.9 Å². The maximum absolute atomic E-state index is 12.6. The van der Waals surface area contributed by atoms with Crippen LogP contribution in [-0.4, -0.2) is 14.4 Å². The second-order valence-corrected chi connectivity index (χ2v) is 6.69. The lowest BCUT2D eigenvalue weighted by atomic mass is 10.1. The molecule has 2 aromatic carbocycles. The second-order valence-electron chi connectivity index (χ2n) is 4.68. The Labute approximate surface area is 130 Å². The Morgan fingerprint density at radius 1 is 1.00 bits per heavy atom. The van der Waals surface area contributed by atoms with E-state index in [9.17, 15) is 13.2 Å². The molecule has 0 amide bonds. The van der Waals surface area contributed by atoms with Crippen LogP contribution < -0.4 is 0 Å². The molecule has 0 fully saturated rings. The fourth-order valence-corrected chi connectivity index (χ4v) is 3.29. The number of hydrogen-bond acceptors (Lipinski definition) is 4. The van der Waals surface area contributed by atoms with E-state index < -0.39 is 21.9 Å². The summed E-state index contributed by atoms with van der Waals surface area (Å²) in [6, 6.07) is 16.6. The highest BCUT2D eigenvalue weighted by Crippen LogP contribution is 2.32. The van der Waals surface area contributed by atoms with Gasteiger partial charge in [-0.1, -0.05) is 55.1 Å². The van der Waals surface area contributed by atoms with Crippen molar-refractivity contribution in [2.24, 2.45) is 0 Å². The van der Waals surface area contributed by atoms with E-state index in [1.54, 1.807) is 48.5 Å². The van der Waals surface area contributed by atoms with Crippen molar-refractivity contribution in [2.45, 2.75) is 17.9 Å². The molecule has 0 aliphatic heterocycles. The molecule has 114 valence electrons. The molecule has 0 aliphatic carbocycles. The van der Waals surface area contributed by atoms with Crippen molar-refractivity contribution in [1.82, 2.24) is 0 Å². The highest BCUT2D eigenvalue weighted by molar-refractivity contribution is 7.95. The van der Waals surface area contributed by atoms with E-state index in [2.05, 4.69) is 6.58 Å². The van der Waals surface area contributed by atoms with E-state index in [4.69, 9.17) is 4.74 Å². The van der Waals surface area contributed by atoms with E-state index in [0.29, 0.717) is 5.56 Å². The molecule has 1 atom stereocenters. The van der Waals surface area contributed by atoms with Crippen LogP contribution in [0.3, 0.4) is 0 Å². The van der Waals surface area contributed by atoms with Crippen molar-refractivity contribution >= 4 is 15.8 Å². The Morgan fingerprint density at radius 3 is 2.00 bits per heavy atom. The highest BCUT2D eigenvalue weighted by Gasteiger charge is 2.29. The molecule has 0 saturated carbocycles. The monoisotopic (exact) mass is 316 g/mol. The summed E-state index contributed by atoms with van der Waals surface area (Å²) in [4.78, 5) is 11.3. The molecule has 4 nitrogen and oxygen atoms in total. The van der Waals surface area contributed by atoms with E-state index in [0.717, 1.165) is 0 Å². The summed E-state index contributed by atoms with van der Waals surface area (Å²) in [7, 11) is -3.80. The van der Waals surface area contributed by atoms with Crippen molar-refractivity contribution in [2.75, 3.05) is 0 Å².